The van der Waals surface area contributed by atoms with Crippen molar-refractivity contribution in [3.63, 3.8) is 0 Å². The molecule has 0 aliphatic heterocycles. The lowest BCUT2D eigenvalue weighted by atomic mass is 9.95. The maximum atomic E-state index is 6.54. The van der Waals surface area contributed by atoms with Crippen molar-refractivity contribution in [3.05, 3.63) is 34.3 Å². The van der Waals surface area contributed by atoms with Crippen LogP contribution < -0.4 is 5.73 Å². The number of hydrogen-bond acceptors (Lipinski definition) is 2. The van der Waals surface area contributed by atoms with E-state index in [1.807, 2.05) is 0 Å². The summed E-state index contributed by atoms with van der Waals surface area (Å²) in [5, 5.41) is 0. The van der Waals surface area contributed by atoms with Crippen molar-refractivity contribution in [2.75, 3.05) is 13.1 Å². The minimum absolute atomic E-state index is 0.219. The summed E-state index contributed by atoms with van der Waals surface area (Å²) in [4.78, 5) is 2.70. The quantitative estimate of drug-likeness (QED) is 0.754. The number of hydrogen-bond donors (Lipinski definition) is 1. The average molecular weight is 351 g/mol. The van der Waals surface area contributed by atoms with Crippen molar-refractivity contribution in [2.45, 2.75) is 51.1 Å². The molecule has 0 radical (unpaired) electrons. The molecule has 1 aromatic rings. The van der Waals surface area contributed by atoms with Crippen LogP contribution >= 0.6 is 15.9 Å². The molecule has 0 bridgehead atoms. The third-order valence-electron chi connectivity index (χ3n) is 4.84. The minimum Gasteiger partial charge on any atom is -0.326 e. The van der Waals surface area contributed by atoms with E-state index in [9.17, 15) is 0 Å². The summed E-state index contributed by atoms with van der Waals surface area (Å²) >= 11 is 3.62. The normalized spacial score (nSPS) is 21.5. The zero-order valence-corrected chi connectivity index (χ0v) is 14.6. The van der Waals surface area contributed by atoms with Gasteiger partial charge >= 0.3 is 0 Å². The summed E-state index contributed by atoms with van der Waals surface area (Å²) in [6.07, 6.45) is 6.67. The number of benzene rings is 1. The van der Waals surface area contributed by atoms with Gasteiger partial charge in [0.1, 0.15) is 0 Å². The maximum Gasteiger partial charge on any atom is 0.0499 e. The lowest BCUT2D eigenvalue weighted by Crippen LogP contribution is -2.42. The van der Waals surface area contributed by atoms with Gasteiger partial charge in [-0.05, 0) is 61.6 Å². The fourth-order valence-electron chi connectivity index (χ4n) is 3.21. The van der Waals surface area contributed by atoms with E-state index < -0.39 is 0 Å². The Morgan fingerprint density at radius 1 is 1.19 bits per heavy atom. The van der Waals surface area contributed by atoms with E-state index in [1.165, 1.54) is 44.3 Å². The Balaban J connectivity index is 1.83. The fourth-order valence-corrected chi connectivity index (χ4v) is 3.63. The van der Waals surface area contributed by atoms with Gasteiger partial charge in [-0.15, -0.1) is 0 Å². The van der Waals surface area contributed by atoms with Gasteiger partial charge in [-0.25, -0.2) is 0 Å². The lowest BCUT2D eigenvalue weighted by molar-refractivity contribution is 0.155. The number of halogens is 1. The van der Waals surface area contributed by atoms with Crippen LogP contribution in [-0.2, 0) is 0 Å². The van der Waals surface area contributed by atoms with Crippen LogP contribution in [0.3, 0.4) is 0 Å². The smallest absolute Gasteiger partial charge is 0.0499 e. The Bertz CT molecular complexity index is 454. The number of rotatable bonds is 8. The van der Waals surface area contributed by atoms with Crippen LogP contribution in [0.2, 0.25) is 0 Å². The maximum absolute atomic E-state index is 6.54. The van der Waals surface area contributed by atoms with Gasteiger partial charge in [0.2, 0.25) is 0 Å². The van der Waals surface area contributed by atoms with Crippen LogP contribution in [0.25, 0.3) is 0 Å². The van der Waals surface area contributed by atoms with Gasteiger partial charge < -0.3 is 5.73 Å². The van der Waals surface area contributed by atoms with Crippen molar-refractivity contribution >= 4 is 15.9 Å². The van der Waals surface area contributed by atoms with Crippen molar-refractivity contribution in [3.8, 4) is 0 Å². The van der Waals surface area contributed by atoms with Crippen LogP contribution in [-0.4, -0.2) is 24.0 Å². The molecule has 2 unspecified atom stereocenters. The molecule has 21 heavy (non-hydrogen) atoms. The van der Waals surface area contributed by atoms with E-state index in [1.54, 1.807) is 0 Å². The van der Waals surface area contributed by atoms with E-state index in [2.05, 4.69) is 52.0 Å². The van der Waals surface area contributed by atoms with Crippen LogP contribution in [0.1, 0.15) is 50.6 Å². The van der Waals surface area contributed by atoms with Crippen LogP contribution in [0, 0.1) is 11.8 Å². The molecule has 2 N–H and O–H groups in total. The van der Waals surface area contributed by atoms with Crippen LogP contribution in [0.4, 0.5) is 0 Å². The van der Waals surface area contributed by atoms with Gasteiger partial charge in [0.25, 0.3) is 0 Å². The molecule has 3 heteroatoms. The fraction of sp³-hybridized carbons (Fsp3) is 0.667. The van der Waals surface area contributed by atoms with Gasteiger partial charge in [-0.1, -0.05) is 35.0 Å². The van der Waals surface area contributed by atoms with E-state index in [4.69, 9.17) is 5.73 Å². The van der Waals surface area contributed by atoms with E-state index >= 15 is 0 Å². The highest BCUT2D eigenvalue weighted by Crippen LogP contribution is 2.38. The molecule has 2 nitrogen and oxygen atoms in total. The highest BCUT2D eigenvalue weighted by Gasteiger charge is 2.35. The van der Waals surface area contributed by atoms with Crippen molar-refractivity contribution in [2.24, 2.45) is 17.6 Å². The molecule has 2 fully saturated rings. The summed E-state index contributed by atoms with van der Waals surface area (Å²) in [7, 11) is 0. The van der Waals surface area contributed by atoms with Gasteiger partial charge in [0, 0.05) is 29.6 Å². The molecular weight excluding hydrogens is 324 g/mol. The second-order valence-electron chi connectivity index (χ2n) is 6.91. The zero-order valence-electron chi connectivity index (χ0n) is 13.0. The van der Waals surface area contributed by atoms with E-state index in [0.717, 1.165) is 22.7 Å². The summed E-state index contributed by atoms with van der Waals surface area (Å²) in [5.41, 5.74) is 7.91. The molecule has 0 aromatic heterocycles. The van der Waals surface area contributed by atoms with Crippen molar-refractivity contribution in [1.82, 2.24) is 4.90 Å². The molecule has 1 aromatic carbocycles. The third-order valence-corrected chi connectivity index (χ3v) is 5.33. The first kappa shape index (κ1) is 15.5. The molecule has 3 rings (SSSR count). The molecule has 2 aliphatic rings. The Hall–Kier alpha value is -0.380. The van der Waals surface area contributed by atoms with Gasteiger partial charge in [0.15, 0.2) is 0 Å². The second kappa shape index (κ2) is 6.80. The molecule has 2 saturated carbocycles. The predicted molar refractivity (Wildman–Crippen MR) is 92.2 cm³/mol. The lowest BCUT2D eigenvalue weighted by Gasteiger charge is -2.36. The number of nitrogens with zero attached hydrogens (tertiary/aromatic N) is 1. The summed E-state index contributed by atoms with van der Waals surface area (Å²) in [5.74, 6) is 1.84. The Morgan fingerprint density at radius 2 is 1.81 bits per heavy atom. The minimum atomic E-state index is 0.219. The molecule has 116 valence electrons. The van der Waals surface area contributed by atoms with Crippen molar-refractivity contribution < 1.29 is 0 Å². The summed E-state index contributed by atoms with van der Waals surface area (Å²) in [6.45, 7) is 4.69. The molecule has 0 spiro atoms. The SMILES string of the molecule is CCC(N)C(c1cccc(Br)c1)N(CC1CC1)CC1CC1. The van der Waals surface area contributed by atoms with Crippen LogP contribution in [0.5, 0.6) is 0 Å². The molecular formula is C18H27BrN2. The molecule has 2 atom stereocenters. The zero-order chi connectivity index (χ0) is 14.8. The topological polar surface area (TPSA) is 29.3 Å². The van der Waals surface area contributed by atoms with Gasteiger partial charge in [-0.3, -0.25) is 4.90 Å². The first-order chi connectivity index (χ1) is 10.2. The third kappa shape index (κ3) is 4.30. The summed E-state index contributed by atoms with van der Waals surface area (Å²) < 4.78 is 1.16. The predicted octanol–water partition coefficient (Wildman–Crippen LogP) is 4.35. The molecule has 2 aliphatic carbocycles. The van der Waals surface area contributed by atoms with Gasteiger partial charge in [0.05, 0.1) is 0 Å². The first-order valence-electron chi connectivity index (χ1n) is 8.42. The Morgan fingerprint density at radius 3 is 2.29 bits per heavy atom. The first-order valence-corrected chi connectivity index (χ1v) is 9.21. The van der Waals surface area contributed by atoms with Gasteiger partial charge in [-0.2, -0.15) is 0 Å². The number of nitrogens with two attached hydrogens (primary N) is 1. The average Bonchev–Trinajstić information content (AvgIpc) is 3.35. The monoisotopic (exact) mass is 350 g/mol. The second-order valence-corrected chi connectivity index (χ2v) is 7.83. The molecule has 0 heterocycles. The summed E-state index contributed by atoms with van der Waals surface area (Å²) in [6, 6.07) is 9.33. The largest absolute Gasteiger partial charge is 0.326 e. The van der Waals surface area contributed by atoms with E-state index in [-0.39, 0.29) is 6.04 Å². The van der Waals surface area contributed by atoms with Crippen molar-refractivity contribution in [1.29, 1.82) is 0 Å². The van der Waals surface area contributed by atoms with Crippen LogP contribution in [0.15, 0.2) is 28.7 Å². The highest BCUT2D eigenvalue weighted by molar-refractivity contribution is 9.10. The highest BCUT2D eigenvalue weighted by atomic mass is 79.9. The van der Waals surface area contributed by atoms with E-state index in [0.29, 0.717) is 6.04 Å². The Kier molecular flexibility index (Phi) is 5.03. The standard InChI is InChI=1S/C18H27BrN2/c1-2-17(20)18(15-4-3-5-16(19)10-15)21(11-13-6-7-13)12-14-8-9-14/h3-5,10,13-14,17-18H,2,6-9,11-12,20H2,1H3. The Labute approximate surface area is 137 Å². The molecule has 0 saturated heterocycles. The molecule has 0 amide bonds.